The van der Waals surface area contributed by atoms with Gasteiger partial charge in [0.1, 0.15) is 5.37 Å². The molecular formula is C12H13BrN2OS. The Hall–Kier alpha value is -0.680. The summed E-state index contributed by atoms with van der Waals surface area (Å²) in [7, 11) is 0. The summed E-state index contributed by atoms with van der Waals surface area (Å²) < 4.78 is 1.12. The number of amides is 2. The highest BCUT2D eigenvalue weighted by atomic mass is 79.9. The summed E-state index contributed by atoms with van der Waals surface area (Å²) in [5, 5.41) is 3.21. The number of benzene rings is 1. The zero-order valence-corrected chi connectivity index (χ0v) is 12.1. The number of thioether (sulfide) groups is 1. The summed E-state index contributed by atoms with van der Waals surface area (Å²) >= 11 is 5.35. The molecule has 0 radical (unpaired) electrons. The van der Waals surface area contributed by atoms with E-state index in [0.29, 0.717) is 6.54 Å². The fraction of sp³-hybridized carbons (Fsp3) is 0.417. The van der Waals surface area contributed by atoms with Crippen molar-refractivity contribution in [3.05, 3.63) is 28.2 Å². The quantitative estimate of drug-likeness (QED) is 0.798. The van der Waals surface area contributed by atoms with Crippen molar-refractivity contribution in [2.75, 3.05) is 0 Å². The molecule has 3 nitrogen and oxygen atoms in total. The second-order valence-electron chi connectivity index (χ2n) is 4.98. The number of rotatable bonds is 0. The molecule has 1 N–H and O–H groups in total. The van der Waals surface area contributed by atoms with Gasteiger partial charge in [-0.3, -0.25) is 0 Å². The van der Waals surface area contributed by atoms with Crippen molar-refractivity contribution in [1.82, 2.24) is 10.2 Å². The van der Waals surface area contributed by atoms with E-state index in [1.165, 1.54) is 10.5 Å². The highest BCUT2D eigenvalue weighted by molar-refractivity contribution is 9.10. The molecule has 1 atom stereocenters. The number of carbonyl (C=O) groups is 1. The number of halogens is 1. The van der Waals surface area contributed by atoms with Crippen molar-refractivity contribution in [3.8, 4) is 0 Å². The van der Waals surface area contributed by atoms with E-state index in [1.54, 1.807) is 11.8 Å². The van der Waals surface area contributed by atoms with E-state index in [2.05, 4.69) is 47.2 Å². The van der Waals surface area contributed by atoms with Crippen LogP contribution in [-0.2, 0) is 6.54 Å². The minimum atomic E-state index is -0.186. The van der Waals surface area contributed by atoms with Gasteiger partial charge in [-0.1, -0.05) is 23.9 Å². The fourth-order valence-electron chi connectivity index (χ4n) is 2.38. The molecule has 2 aliphatic rings. The molecule has 1 fully saturated rings. The van der Waals surface area contributed by atoms with Gasteiger partial charge in [0.15, 0.2) is 0 Å². The van der Waals surface area contributed by atoms with Crippen molar-refractivity contribution in [3.63, 3.8) is 0 Å². The van der Waals surface area contributed by atoms with Crippen LogP contribution in [0.15, 0.2) is 27.6 Å². The number of hydrogen-bond donors (Lipinski definition) is 1. The third kappa shape index (κ3) is 1.67. The van der Waals surface area contributed by atoms with Gasteiger partial charge in [-0.05, 0) is 41.4 Å². The third-order valence-corrected chi connectivity index (χ3v) is 5.92. The monoisotopic (exact) mass is 312 g/mol. The first-order chi connectivity index (χ1) is 7.99. The van der Waals surface area contributed by atoms with E-state index in [4.69, 9.17) is 0 Å². The maximum Gasteiger partial charge on any atom is 0.319 e. The molecule has 90 valence electrons. The van der Waals surface area contributed by atoms with Crippen LogP contribution in [0.25, 0.3) is 0 Å². The van der Waals surface area contributed by atoms with E-state index >= 15 is 0 Å². The first-order valence-electron chi connectivity index (χ1n) is 5.52. The lowest BCUT2D eigenvalue weighted by atomic mass is 10.1. The SMILES string of the molecule is CC1(C)NC(=O)N2Cc3cccc(Br)c3SC21. The molecule has 2 heterocycles. The van der Waals surface area contributed by atoms with E-state index < -0.39 is 0 Å². The Morgan fingerprint density at radius 2 is 2.29 bits per heavy atom. The number of fused-ring (bicyclic) bond motifs is 2. The third-order valence-electron chi connectivity index (χ3n) is 3.21. The fourth-order valence-corrected chi connectivity index (χ4v) is 4.40. The van der Waals surface area contributed by atoms with Gasteiger partial charge in [-0.2, -0.15) is 0 Å². The average molecular weight is 313 g/mol. The Kier molecular flexibility index (Phi) is 2.45. The Morgan fingerprint density at radius 3 is 3.06 bits per heavy atom. The van der Waals surface area contributed by atoms with Gasteiger partial charge in [0.25, 0.3) is 0 Å². The molecule has 17 heavy (non-hydrogen) atoms. The van der Waals surface area contributed by atoms with Gasteiger partial charge in [0.2, 0.25) is 0 Å². The van der Waals surface area contributed by atoms with Gasteiger partial charge < -0.3 is 10.2 Å². The summed E-state index contributed by atoms with van der Waals surface area (Å²) in [6.45, 7) is 4.84. The smallest absolute Gasteiger partial charge is 0.319 e. The molecule has 5 heteroatoms. The van der Waals surface area contributed by atoms with Crippen molar-refractivity contribution in [2.45, 2.75) is 36.2 Å². The minimum absolute atomic E-state index is 0.0399. The standard InChI is InChI=1S/C12H13BrN2OS/c1-12(2)10-15(11(16)14-12)6-7-4-3-5-8(13)9(7)17-10/h3-5,10H,6H2,1-2H3,(H,14,16). The Bertz CT molecular complexity index is 503. The second-order valence-corrected chi connectivity index (χ2v) is 6.92. The molecule has 0 bridgehead atoms. The Balaban J connectivity index is 2.06. The molecule has 0 aliphatic carbocycles. The number of nitrogens with zero attached hydrogens (tertiary/aromatic N) is 1. The van der Waals surface area contributed by atoms with E-state index in [1.807, 2.05) is 11.0 Å². The van der Waals surface area contributed by atoms with Crippen LogP contribution >= 0.6 is 27.7 Å². The summed E-state index contributed by atoms with van der Waals surface area (Å²) in [6, 6.07) is 6.20. The molecule has 2 aliphatic heterocycles. The van der Waals surface area contributed by atoms with E-state index in [-0.39, 0.29) is 16.9 Å². The van der Waals surface area contributed by atoms with Gasteiger partial charge in [-0.15, -0.1) is 0 Å². The molecule has 1 aromatic carbocycles. The van der Waals surface area contributed by atoms with Crippen molar-refractivity contribution >= 4 is 33.7 Å². The Labute approximate surface area is 113 Å². The van der Waals surface area contributed by atoms with Crippen LogP contribution in [0.4, 0.5) is 4.79 Å². The topological polar surface area (TPSA) is 32.3 Å². The van der Waals surface area contributed by atoms with Crippen molar-refractivity contribution in [2.24, 2.45) is 0 Å². The van der Waals surface area contributed by atoms with Crippen LogP contribution in [0.1, 0.15) is 19.4 Å². The molecule has 1 saturated heterocycles. The lowest BCUT2D eigenvalue weighted by molar-refractivity contribution is 0.210. The Morgan fingerprint density at radius 1 is 1.53 bits per heavy atom. The molecule has 0 spiro atoms. The molecule has 1 unspecified atom stereocenters. The highest BCUT2D eigenvalue weighted by Crippen LogP contribution is 2.45. The van der Waals surface area contributed by atoms with Crippen LogP contribution in [0.3, 0.4) is 0 Å². The average Bonchev–Trinajstić information content (AvgIpc) is 2.48. The predicted octanol–water partition coefficient (Wildman–Crippen LogP) is 3.18. The first-order valence-corrected chi connectivity index (χ1v) is 7.19. The number of urea groups is 1. The highest BCUT2D eigenvalue weighted by Gasteiger charge is 2.48. The van der Waals surface area contributed by atoms with Crippen LogP contribution in [-0.4, -0.2) is 21.8 Å². The molecule has 2 amide bonds. The summed E-state index contributed by atoms with van der Waals surface area (Å²) in [6.07, 6.45) is 0. The number of nitrogens with one attached hydrogen (secondary N) is 1. The van der Waals surface area contributed by atoms with Crippen LogP contribution in [0.5, 0.6) is 0 Å². The van der Waals surface area contributed by atoms with Gasteiger partial charge in [0.05, 0.1) is 5.54 Å². The maximum absolute atomic E-state index is 11.9. The normalized spacial score (nSPS) is 25.2. The summed E-state index contributed by atoms with van der Waals surface area (Å²) in [4.78, 5) is 15.1. The largest absolute Gasteiger partial charge is 0.330 e. The van der Waals surface area contributed by atoms with E-state index in [9.17, 15) is 4.79 Å². The first kappa shape index (κ1) is 11.4. The lowest BCUT2D eigenvalue weighted by Crippen LogP contribution is -2.43. The minimum Gasteiger partial charge on any atom is -0.330 e. The molecule has 0 saturated carbocycles. The van der Waals surface area contributed by atoms with E-state index in [0.717, 1.165) is 4.47 Å². The summed E-state index contributed by atoms with van der Waals surface area (Å²) in [5.41, 5.74) is 1.03. The maximum atomic E-state index is 11.9. The second kappa shape index (κ2) is 3.65. The van der Waals surface area contributed by atoms with Gasteiger partial charge >= 0.3 is 6.03 Å². The van der Waals surface area contributed by atoms with Crippen molar-refractivity contribution in [1.29, 1.82) is 0 Å². The number of carbonyl (C=O) groups excluding carboxylic acids is 1. The lowest BCUT2D eigenvalue weighted by Gasteiger charge is -2.35. The number of hydrogen-bond acceptors (Lipinski definition) is 2. The zero-order chi connectivity index (χ0) is 12.2. The molecule has 1 aromatic rings. The van der Waals surface area contributed by atoms with Gasteiger partial charge in [-0.25, -0.2) is 4.79 Å². The van der Waals surface area contributed by atoms with Crippen molar-refractivity contribution < 1.29 is 4.79 Å². The zero-order valence-electron chi connectivity index (χ0n) is 9.66. The predicted molar refractivity (Wildman–Crippen MR) is 71.9 cm³/mol. The molecule has 0 aromatic heterocycles. The van der Waals surface area contributed by atoms with Crippen LogP contribution < -0.4 is 5.32 Å². The van der Waals surface area contributed by atoms with Crippen LogP contribution in [0.2, 0.25) is 0 Å². The summed E-state index contributed by atoms with van der Waals surface area (Å²) in [5.74, 6) is 0. The van der Waals surface area contributed by atoms with Crippen LogP contribution in [0, 0.1) is 0 Å². The molecular weight excluding hydrogens is 300 g/mol. The van der Waals surface area contributed by atoms with Gasteiger partial charge in [0, 0.05) is 15.9 Å². The molecule has 3 rings (SSSR count).